The van der Waals surface area contributed by atoms with Gasteiger partial charge in [-0.2, -0.15) is 8.73 Å². The fourth-order valence-corrected chi connectivity index (χ4v) is 1.87. The predicted octanol–water partition coefficient (Wildman–Crippen LogP) is 4.12. The highest BCUT2D eigenvalue weighted by atomic mass is 32.1. The summed E-state index contributed by atoms with van der Waals surface area (Å²) in [5.41, 5.74) is 1.70. The Labute approximate surface area is 115 Å². The molecule has 0 aliphatic heterocycles. The molecule has 2 aromatic rings. The van der Waals surface area contributed by atoms with Crippen molar-refractivity contribution in [3.05, 3.63) is 48.5 Å². The summed E-state index contributed by atoms with van der Waals surface area (Å²) in [5, 5.41) is 0. The van der Waals surface area contributed by atoms with E-state index in [4.69, 9.17) is 9.47 Å². The molecule has 98 valence electrons. The van der Waals surface area contributed by atoms with Crippen molar-refractivity contribution in [2.75, 3.05) is 14.2 Å². The topological polar surface area (TPSA) is 43.2 Å². The van der Waals surface area contributed by atoms with Gasteiger partial charge in [-0.05, 0) is 48.5 Å². The van der Waals surface area contributed by atoms with E-state index in [1.165, 1.54) is 0 Å². The van der Waals surface area contributed by atoms with Gasteiger partial charge < -0.3 is 9.47 Å². The van der Waals surface area contributed by atoms with Gasteiger partial charge in [0.2, 0.25) is 0 Å². The zero-order valence-electron chi connectivity index (χ0n) is 10.7. The summed E-state index contributed by atoms with van der Waals surface area (Å²) in [4.78, 5) is 0. The third kappa shape index (κ3) is 3.93. The Bertz CT molecular complexity index is 536. The lowest BCUT2D eigenvalue weighted by atomic mass is 10.3. The molecule has 0 bridgehead atoms. The number of hydrogen-bond donors (Lipinski definition) is 0. The molecule has 5 heteroatoms. The Morgan fingerprint density at radius 1 is 0.684 bits per heavy atom. The van der Waals surface area contributed by atoms with Crippen molar-refractivity contribution in [3.63, 3.8) is 0 Å². The van der Waals surface area contributed by atoms with Crippen molar-refractivity contribution >= 4 is 22.7 Å². The molecule has 0 aliphatic rings. The first kappa shape index (κ1) is 13.3. The van der Waals surface area contributed by atoms with Crippen LogP contribution in [0.3, 0.4) is 0 Å². The second-order valence-electron chi connectivity index (χ2n) is 3.66. The Kier molecular flexibility index (Phi) is 4.69. The van der Waals surface area contributed by atoms with E-state index in [0.717, 1.165) is 34.2 Å². The summed E-state index contributed by atoms with van der Waals surface area (Å²) in [6.07, 6.45) is 0. The summed E-state index contributed by atoms with van der Waals surface area (Å²) in [7, 11) is 3.28. The summed E-state index contributed by atoms with van der Waals surface area (Å²) >= 11 is 1.15. The fraction of sp³-hybridized carbons (Fsp3) is 0.143. The van der Waals surface area contributed by atoms with Crippen molar-refractivity contribution in [3.8, 4) is 11.5 Å². The van der Waals surface area contributed by atoms with Crippen LogP contribution in [0.2, 0.25) is 0 Å². The molecule has 4 nitrogen and oxygen atoms in total. The van der Waals surface area contributed by atoms with Crippen molar-refractivity contribution < 1.29 is 9.47 Å². The SMILES string of the molecule is COc1ccc(N=S=Nc2ccc(OC)cc2)cc1. The second-order valence-corrected chi connectivity index (χ2v) is 4.19. The summed E-state index contributed by atoms with van der Waals surface area (Å²) in [6.45, 7) is 0. The highest BCUT2D eigenvalue weighted by molar-refractivity contribution is 7.57. The first-order valence-corrected chi connectivity index (χ1v) is 6.41. The van der Waals surface area contributed by atoms with Crippen LogP contribution in [-0.2, 0) is 11.4 Å². The first-order chi connectivity index (χ1) is 9.31. The molecule has 0 spiro atoms. The van der Waals surface area contributed by atoms with Crippen LogP contribution in [0.5, 0.6) is 11.5 Å². The van der Waals surface area contributed by atoms with Gasteiger partial charge in [0.05, 0.1) is 36.9 Å². The monoisotopic (exact) mass is 274 g/mol. The molecule has 0 fully saturated rings. The van der Waals surface area contributed by atoms with E-state index in [9.17, 15) is 0 Å². The maximum absolute atomic E-state index is 5.08. The van der Waals surface area contributed by atoms with E-state index in [1.807, 2.05) is 48.5 Å². The molecule has 0 saturated carbocycles. The van der Waals surface area contributed by atoms with E-state index < -0.39 is 0 Å². The summed E-state index contributed by atoms with van der Waals surface area (Å²) in [5.74, 6) is 1.63. The Morgan fingerprint density at radius 3 is 1.37 bits per heavy atom. The minimum absolute atomic E-state index is 0.816. The minimum Gasteiger partial charge on any atom is -0.497 e. The van der Waals surface area contributed by atoms with E-state index in [2.05, 4.69) is 8.73 Å². The summed E-state index contributed by atoms with van der Waals surface area (Å²) < 4.78 is 18.7. The number of rotatable bonds is 4. The predicted molar refractivity (Wildman–Crippen MR) is 77.5 cm³/mol. The van der Waals surface area contributed by atoms with Gasteiger partial charge in [-0.15, -0.1) is 0 Å². The maximum atomic E-state index is 5.08. The van der Waals surface area contributed by atoms with Crippen LogP contribution in [0.4, 0.5) is 11.4 Å². The van der Waals surface area contributed by atoms with Gasteiger partial charge in [0.15, 0.2) is 0 Å². The summed E-state index contributed by atoms with van der Waals surface area (Å²) in [6, 6.07) is 15.0. The van der Waals surface area contributed by atoms with Crippen LogP contribution in [0.1, 0.15) is 0 Å². The molecule has 0 atom stereocenters. The third-order valence-electron chi connectivity index (χ3n) is 2.44. The molecular weight excluding hydrogens is 260 g/mol. The number of methoxy groups -OCH3 is 2. The molecule has 0 N–H and O–H groups in total. The lowest BCUT2D eigenvalue weighted by molar-refractivity contribution is 0.415. The normalized spacial score (nSPS) is 9.58. The first-order valence-electron chi connectivity index (χ1n) is 5.68. The lowest BCUT2D eigenvalue weighted by Crippen LogP contribution is -1.79. The number of hydrogen-bond acceptors (Lipinski definition) is 4. The van der Waals surface area contributed by atoms with Gasteiger partial charge in [0.1, 0.15) is 11.5 Å². The van der Waals surface area contributed by atoms with Crippen LogP contribution in [0, 0.1) is 0 Å². The maximum Gasteiger partial charge on any atom is 0.119 e. The Morgan fingerprint density at radius 2 is 1.05 bits per heavy atom. The zero-order valence-corrected chi connectivity index (χ0v) is 11.6. The van der Waals surface area contributed by atoms with Crippen molar-refractivity contribution in [1.29, 1.82) is 0 Å². The molecule has 2 aromatic carbocycles. The fourth-order valence-electron chi connectivity index (χ4n) is 1.40. The van der Waals surface area contributed by atoms with Gasteiger partial charge in [-0.25, -0.2) is 0 Å². The Balaban J connectivity index is 2.09. The van der Waals surface area contributed by atoms with Crippen LogP contribution in [0.25, 0.3) is 0 Å². The number of ether oxygens (including phenoxy) is 2. The molecule has 0 aliphatic carbocycles. The minimum atomic E-state index is 0.816. The highest BCUT2D eigenvalue weighted by Gasteiger charge is 1.91. The molecular formula is C14H14N2O2S. The smallest absolute Gasteiger partial charge is 0.119 e. The second kappa shape index (κ2) is 6.70. The van der Waals surface area contributed by atoms with E-state index >= 15 is 0 Å². The lowest BCUT2D eigenvalue weighted by Gasteiger charge is -1.97. The highest BCUT2D eigenvalue weighted by Crippen LogP contribution is 2.19. The number of nitrogens with zero attached hydrogens (tertiary/aromatic N) is 2. The van der Waals surface area contributed by atoms with Crippen LogP contribution in [0.15, 0.2) is 57.3 Å². The molecule has 0 aromatic heterocycles. The molecule has 0 radical (unpaired) electrons. The Hall–Kier alpha value is -2.14. The van der Waals surface area contributed by atoms with Gasteiger partial charge in [0, 0.05) is 0 Å². The average Bonchev–Trinajstić information content (AvgIpc) is 2.49. The third-order valence-corrected chi connectivity index (χ3v) is 3.02. The zero-order chi connectivity index (χ0) is 13.5. The van der Waals surface area contributed by atoms with Gasteiger partial charge >= 0.3 is 0 Å². The van der Waals surface area contributed by atoms with Crippen molar-refractivity contribution in [1.82, 2.24) is 0 Å². The van der Waals surface area contributed by atoms with Crippen LogP contribution < -0.4 is 9.47 Å². The largest absolute Gasteiger partial charge is 0.497 e. The molecule has 0 unspecified atom stereocenters. The number of benzene rings is 2. The van der Waals surface area contributed by atoms with Crippen LogP contribution >= 0.6 is 0 Å². The molecule has 0 heterocycles. The standard InChI is InChI=1S/C14H14N2O2S/c1-17-13-7-3-11(4-8-13)15-19-16-12-5-9-14(18-2)10-6-12/h3-10H,1-2H3. The van der Waals surface area contributed by atoms with Crippen LogP contribution in [-0.4, -0.2) is 14.2 Å². The van der Waals surface area contributed by atoms with Crippen molar-refractivity contribution in [2.24, 2.45) is 8.73 Å². The van der Waals surface area contributed by atoms with E-state index in [1.54, 1.807) is 14.2 Å². The van der Waals surface area contributed by atoms with E-state index in [-0.39, 0.29) is 0 Å². The average molecular weight is 274 g/mol. The van der Waals surface area contributed by atoms with E-state index in [0.29, 0.717) is 0 Å². The molecule has 19 heavy (non-hydrogen) atoms. The van der Waals surface area contributed by atoms with Crippen molar-refractivity contribution in [2.45, 2.75) is 0 Å². The molecule has 2 rings (SSSR count). The van der Waals surface area contributed by atoms with Gasteiger partial charge in [0.25, 0.3) is 0 Å². The van der Waals surface area contributed by atoms with Gasteiger partial charge in [-0.3, -0.25) is 0 Å². The quantitative estimate of drug-likeness (QED) is 0.841. The molecule has 0 amide bonds. The molecule has 0 saturated heterocycles. The van der Waals surface area contributed by atoms with Gasteiger partial charge in [-0.1, -0.05) is 0 Å².